The van der Waals surface area contributed by atoms with Crippen molar-refractivity contribution in [3.05, 3.63) is 59.1 Å². The standard InChI is InChI=1S/C27H27ClF3N9O2/c1-32-22-14-40-19(9-33-22)20(11-35-40)42-21-10-34-25-24(23(21)28)38(2)26(37-25)36-17-7-15(6-16(8-17)27(29,30)31)12-39-5-4-18(13-39)41-3/h6-11,14,18,32H,4-5,12-13H2,1-3H3,(H,34,36,37)/t18-/m0/s1. The molecule has 5 aromatic rings. The Bertz CT molecular complexity index is 1770. The Hall–Kier alpha value is -4.14. The molecule has 1 atom stereocenters. The highest BCUT2D eigenvalue weighted by molar-refractivity contribution is 6.36. The van der Waals surface area contributed by atoms with Gasteiger partial charge in [0.2, 0.25) is 5.95 Å². The largest absolute Gasteiger partial charge is 0.450 e. The van der Waals surface area contributed by atoms with Crippen LogP contribution >= 0.6 is 11.6 Å². The Kier molecular flexibility index (Phi) is 7.29. The van der Waals surface area contributed by atoms with E-state index in [4.69, 9.17) is 21.1 Å². The molecule has 0 amide bonds. The molecule has 1 aromatic carbocycles. The Morgan fingerprint density at radius 3 is 2.69 bits per heavy atom. The molecule has 0 aliphatic carbocycles. The van der Waals surface area contributed by atoms with E-state index in [9.17, 15) is 13.2 Å². The van der Waals surface area contributed by atoms with Crippen LogP contribution in [-0.2, 0) is 24.5 Å². The number of benzene rings is 1. The van der Waals surface area contributed by atoms with Gasteiger partial charge in [0.1, 0.15) is 21.9 Å². The maximum absolute atomic E-state index is 13.8. The van der Waals surface area contributed by atoms with Gasteiger partial charge in [-0.15, -0.1) is 0 Å². The summed E-state index contributed by atoms with van der Waals surface area (Å²) in [5, 5.41) is 10.5. The van der Waals surface area contributed by atoms with Gasteiger partial charge >= 0.3 is 6.18 Å². The van der Waals surface area contributed by atoms with Crippen molar-refractivity contribution in [2.24, 2.45) is 7.05 Å². The van der Waals surface area contributed by atoms with Crippen molar-refractivity contribution in [1.29, 1.82) is 0 Å². The number of pyridine rings is 1. The number of aromatic nitrogens is 6. The first kappa shape index (κ1) is 28.0. The first-order valence-corrected chi connectivity index (χ1v) is 13.4. The summed E-state index contributed by atoms with van der Waals surface area (Å²) in [5.74, 6) is 1.58. The Balaban J connectivity index is 1.29. The summed E-state index contributed by atoms with van der Waals surface area (Å²) in [4.78, 5) is 15.2. The summed E-state index contributed by atoms with van der Waals surface area (Å²) < 4.78 is 56.1. The van der Waals surface area contributed by atoms with Gasteiger partial charge in [-0.3, -0.25) is 4.90 Å². The summed E-state index contributed by atoms with van der Waals surface area (Å²) in [7, 11) is 5.09. The van der Waals surface area contributed by atoms with Gasteiger partial charge < -0.3 is 24.7 Å². The van der Waals surface area contributed by atoms with Gasteiger partial charge in [0.05, 0.1) is 36.5 Å². The molecule has 11 nitrogen and oxygen atoms in total. The molecule has 0 radical (unpaired) electrons. The van der Waals surface area contributed by atoms with Gasteiger partial charge in [-0.25, -0.2) is 14.5 Å². The number of hydrogen-bond acceptors (Lipinski definition) is 9. The molecular formula is C27H27ClF3N9O2. The smallest absolute Gasteiger partial charge is 0.416 e. The van der Waals surface area contributed by atoms with Crippen molar-refractivity contribution < 1.29 is 22.6 Å². The van der Waals surface area contributed by atoms with Gasteiger partial charge in [0, 0.05) is 46.5 Å². The van der Waals surface area contributed by atoms with E-state index in [1.807, 2.05) is 0 Å². The number of likely N-dealkylation sites (tertiary alicyclic amines) is 1. The van der Waals surface area contributed by atoms with E-state index in [1.165, 1.54) is 18.5 Å². The quantitative estimate of drug-likeness (QED) is 0.239. The number of anilines is 3. The monoisotopic (exact) mass is 601 g/mol. The highest BCUT2D eigenvalue weighted by atomic mass is 35.5. The number of methoxy groups -OCH3 is 1. The molecule has 4 aromatic heterocycles. The number of nitrogens with zero attached hydrogens (tertiary/aromatic N) is 7. The molecule has 15 heteroatoms. The third-order valence-electron chi connectivity index (χ3n) is 7.20. The van der Waals surface area contributed by atoms with Crippen LogP contribution in [0.5, 0.6) is 11.5 Å². The van der Waals surface area contributed by atoms with Crippen molar-refractivity contribution >= 4 is 45.7 Å². The average Bonchev–Trinajstić information content (AvgIpc) is 3.67. The summed E-state index contributed by atoms with van der Waals surface area (Å²) in [6.07, 6.45) is 2.70. The molecule has 42 heavy (non-hydrogen) atoms. The molecule has 1 fully saturated rings. The van der Waals surface area contributed by atoms with Crippen molar-refractivity contribution in [2.75, 3.05) is 37.9 Å². The third-order valence-corrected chi connectivity index (χ3v) is 7.56. The van der Waals surface area contributed by atoms with Crippen LogP contribution in [-0.4, -0.2) is 67.4 Å². The van der Waals surface area contributed by atoms with Crippen molar-refractivity contribution in [3.8, 4) is 11.5 Å². The molecule has 6 rings (SSSR count). The number of fused-ring (bicyclic) bond motifs is 2. The highest BCUT2D eigenvalue weighted by Crippen LogP contribution is 2.38. The minimum atomic E-state index is -4.52. The molecule has 2 N–H and O–H groups in total. The fraction of sp³-hybridized carbons (Fsp3) is 0.333. The van der Waals surface area contributed by atoms with Crippen molar-refractivity contribution in [1.82, 2.24) is 34.0 Å². The summed E-state index contributed by atoms with van der Waals surface area (Å²) in [6, 6.07) is 3.93. The summed E-state index contributed by atoms with van der Waals surface area (Å²) in [5.41, 5.74) is 1.38. The van der Waals surface area contributed by atoms with E-state index in [1.54, 1.807) is 48.7 Å². The van der Waals surface area contributed by atoms with Crippen LogP contribution in [0, 0.1) is 0 Å². The second-order valence-electron chi connectivity index (χ2n) is 9.99. The number of alkyl halides is 3. The van der Waals surface area contributed by atoms with Crippen LogP contribution in [0.3, 0.4) is 0 Å². The zero-order valence-corrected chi connectivity index (χ0v) is 23.7. The second kappa shape index (κ2) is 10.9. The van der Waals surface area contributed by atoms with E-state index in [2.05, 4.69) is 35.6 Å². The minimum absolute atomic E-state index is 0.0789. The molecule has 1 saturated heterocycles. The molecule has 0 bridgehead atoms. The maximum atomic E-state index is 13.8. The second-order valence-corrected chi connectivity index (χ2v) is 10.4. The van der Waals surface area contributed by atoms with E-state index in [-0.39, 0.29) is 28.5 Å². The Morgan fingerprint density at radius 1 is 1.12 bits per heavy atom. The molecule has 1 aliphatic rings. The molecule has 1 aliphatic heterocycles. The number of nitrogens with one attached hydrogen (secondary N) is 2. The van der Waals surface area contributed by atoms with E-state index >= 15 is 0 Å². The number of ether oxygens (including phenoxy) is 2. The first-order valence-electron chi connectivity index (χ1n) is 13.1. The summed E-state index contributed by atoms with van der Waals surface area (Å²) >= 11 is 6.74. The lowest BCUT2D eigenvalue weighted by Gasteiger charge is -2.18. The fourth-order valence-electron chi connectivity index (χ4n) is 5.02. The van der Waals surface area contributed by atoms with E-state index in [0.717, 1.165) is 19.0 Å². The van der Waals surface area contributed by atoms with Gasteiger partial charge in [0.25, 0.3) is 0 Å². The summed E-state index contributed by atoms with van der Waals surface area (Å²) in [6.45, 7) is 1.78. The van der Waals surface area contributed by atoms with Crippen LogP contribution in [0.25, 0.3) is 16.7 Å². The molecule has 5 heterocycles. The number of imidazole rings is 1. The van der Waals surface area contributed by atoms with Crippen LogP contribution in [0.1, 0.15) is 17.5 Å². The molecular weight excluding hydrogens is 575 g/mol. The minimum Gasteiger partial charge on any atom is -0.450 e. The average molecular weight is 602 g/mol. The number of halogens is 4. The van der Waals surface area contributed by atoms with Gasteiger partial charge in [-0.1, -0.05) is 11.6 Å². The molecule has 0 saturated carbocycles. The topological polar surface area (TPSA) is 107 Å². The number of rotatable bonds is 8. The lowest BCUT2D eigenvalue weighted by atomic mass is 10.1. The lowest BCUT2D eigenvalue weighted by molar-refractivity contribution is -0.137. The lowest BCUT2D eigenvalue weighted by Crippen LogP contribution is -2.22. The SMILES string of the molecule is CNc1cn2ncc(Oc3cnc4nc(Nc5cc(CN6CC[C@H](OC)C6)cc(C(F)(F)F)c5)n(C)c4c3Cl)c2cn1. The van der Waals surface area contributed by atoms with Crippen molar-refractivity contribution in [2.45, 2.75) is 25.2 Å². The number of aryl methyl sites for hydroxylation is 1. The zero-order valence-electron chi connectivity index (χ0n) is 22.9. The van der Waals surface area contributed by atoms with Crippen LogP contribution in [0.15, 0.2) is 43.0 Å². The Morgan fingerprint density at radius 2 is 1.95 bits per heavy atom. The van der Waals surface area contributed by atoms with E-state index < -0.39 is 11.7 Å². The van der Waals surface area contributed by atoms with Crippen LogP contribution < -0.4 is 15.4 Å². The van der Waals surface area contributed by atoms with Crippen LogP contribution in [0.2, 0.25) is 5.02 Å². The van der Waals surface area contributed by atoms with Gasteiger partial charge in [-0.2, -0.15) is 23.3 Å². The van der Waals surface area contributed by atoms with E-state index in [0.29, 0.717) is 46.9 Å². The maximum Gasteiger partial charge on any atom is 0.416 e. The molecule has 220 valence electrons. The normalized spacial score (nSPS) is 16.0. The van der Waals surface area contributed by atoms with Crippen molar-refractivity contribution in [3.63, 3.8) is 0 Å². The highest BCUT2D eigenvalue weighted by Gasteiger charge is 2.32. The van der Waals surface area contributed by atoms with Gasteiger partial charge in [-0.05, 0) is 30.2 Å². The fourth-order valence-corrected chi connectivity index (χ4v) is 5.32. The molecule has 0 spiro atoms. The molecule has 0 unspecified atom stereocenters. The predicted molar refractivity (Wildman–Crippen MR) is 152 cm³/mol. The Labute approximate surface area is 243 Å². The van der Waals surface area contributed by atoms with Gasteiger partial charge in [0.15, 0.2) is 17.1 Å². The first-order chi connectivity index (χ1) is 20.1. The van der Waals surface area contributed by atoms with Crippen LogP contribution in [0.4, 0.5) is 30.6 Å². The number of hydrogen-bond donors (Lipinski definition) is 2. The zero-order chi connectivity index (χ0) is 29.6. The third kappa shape index (κ3) is 5.40. The predicted octanol–water partition coefficient (Wildman–Crippen LogP) is 5.48.